The highest BCUT2D eigenvalue weighted by Crippen LogP contribution is 2.37. The maximum Gasteiger partial charge on any atom is 0.313 e. The average molecular weight is 620 g/mol. The highest BCUT2D eigenvalue weighted by molar-refractivity contribution is 6.99. The number of nitrogens with zero attached hydrogens (tertiary/aromatic N) is 1. The molecule has 0 saturated heterocycles. The molecule has 2 aromatic rings. The molecule has 0 spiro atoms. The Bertz CT molecular complexity index is 1300. The summed E-state index contributed by atoms with van der Waals surface area (Å²) in [5, 5.41) is 12.3. The van der Waals surface area contributed by atoms with E-state index in [4.69, 9.17) is 16.0 Å². The van der Waals surface area contributed by atoms with Gasteiger partial charge in [0.2, 0.25) is 0 Å². The summed E-state index contributed by atoms with van der Waals surface area (Å²) in [5.74, 6) is -0.667. The third-order valence-corrected chi connectivity index (χ3v) is 13.2. The van der Waals surface area contributed by atoms with Crippen molar-refractivity contribution in [2.24, 2.45) is 11.3 Å². The summed E-state index contributed by atoms with van der Waals surface area (Å²) >= 11 is 6.34. The summed E-state index contributed by atoms with van der Waals surface area (Å²) in [7, 11) is -1.48. The van der Waals surface area contributed by atoms with Gasteiger partial charge in [0.05, 0.1) is 25.7 Å². The number of benzene rings is 2. The SMILES string of the molecule is COC(=O)CC(=O)C(C)(C)/C=C/C=C\C[C@@H](C#N)C/C(CO[Si](c1ccccc1)(c1ccccc1)C(C)(C)C)=C(/C)CCl. The summed E-state index contributed by atoms with van der Waals surface area (Å²) in [5.41, 5.74) is 1.27. The smallest absolute Gasteiger partial charge is 0.313 e. The Labute approximate surface area is 264 Å². The van der Waals surface area contributed by atoms with Crippen LogP contribution in [0.2, 0.25) is 5.04 Å². The number of methoxy groups -OCH3 is 1. The van der Waals surface area contributed by atoms with E-state index in [9.17, 15) is 14.9 Å². The fourth-order valence-electron chi connectivity index (χ4n) is 5.03. The van der Waals surface area contributed by atoms with Gasteiger partial charge in [0.15, 0.2) is 5.78 Å². The molecule has 0 unspecified atom stereocenters. The van der Waals surface area contributed by atoms with E-state index in [0.717, 1.165) is 11.1 Å². The minimum atomic E-state index is -2.75. The first-order chi connectivity index (χ1) is 20.3. The Morgan fingerprint density at radius 3 is 2.00 bits per heavy atom. The zero-order valence-corrected chi connectivity index (χ0v) is 28.4. The molecular formula is C36H46ClNO4Si. The van der Waals surface area contributed by atoms with Crippen molar-refractivity contribution in [3.8, 4) is 6.07 Å². The molecule has 2 rings (SSSR count). The number of allylic oxidation sites excluding steroid dienone is 5. The van der Waals surface area contributed by atoms with Crippen LogP contribution in [-0.2, 0) is 18.8 Å². The van der Waals surface area contributed by atoms with Crippen molar-refractivity contribution < 1.29 is 18.8 Å². The van der Waals surface area contributed by atoms with Gasteiger partial charge >= 0.3 is 5.97 Å². The van der Waals surface area contributed by atoms with Gasteiger partial charge in [-0.25, -0.2) is 0 Å². The van der Waals surface area contributed by atoms with E-state index in [1.165, 1.54) is 17.5 Å². The third-order valence-electron chi connectivity index (χ3n) is 7.79. The molecule has 7 heteroatoms. The van der Waals surface area contributed by atoms with Gasteiger partial charge in [-0.3, -0.25) is 9.59 Å². The standard InChI is InChI=1S/C36H46ClNO4Si/c1-28(25-37)30(23-29(26-38)17-11-10-16-22-36(5,6)33(39)24-34(40)41-7)27-42-43(35(2,3)4,31-18-12-8-13-19-31)32-20-14-9-15-21-32/h8-16,18-22,29H,17,23-25,27H2,1-7H3/b11-10-,22-16+,30-28+/t29-/m1/s1. The summed E-state index contributed by atoms with van der Waals surface area (Å²) < 4.78 is 11.8. The van der Waals surface area contributed by atoms with Crippen molar-refractivity contribution in [1.82, 2.24) is 0 Å². The second kappa shape index (κ2) is 16.6. The number of Topliss-reactive ketones (excluding diaryl/α,β-unsaturated/α-hetero) is 1. The molecular weight excluding hydrogens is 574 g/mol. The number of halogens is 1. The predicted octanol–water partition coefficient (Wildman–Crippen LogP) is 7.31. The first-order valence-electron chi connectivity index (χ1n) is 14.6. The minimum absolute atomic E-state index is 0.161. The van der Waals surface area contributed by atoms with Gasteiger partial charge < -0.3 is 9.16 Å². The van der Waals surface area contributed by atoms with Crippen molar-refractivity contribution in [2.45, 2.75) is 65.8 Å². The largest absolute Gasteiger partial charge is 0.469 e. The quantitative estimate of drug-likeness (QED) is 0.0522. The molecule has 43 heavy (non-hydrogen) atoms. The van der Waals surface area contributed by atoms with E-state index in [1.54, 1.807) is 26.0 Å². The van der Waals surface area contributed by atoms with E-state index in [0.29, 0.717) is 25.3 Å². The van der Waals surface area contributed by atoms with Crippen LogP contribution in [0.25, 0.3) is 0 Å². The molecule has 0 radical (unpaired) electrons. The number of carbonyl (C=O) groups excluding carboxylic acids is 2. The molecule has 0 aliphatic carbocycles. The maximum atomic E-state index is 12.4. The lowest BCUT2D eigenvalue weighted by molar-refractivity contribution is -0.144. The van der Waals surface area contributed by atoms with Gasteiger partial charge in [-0.15, -0.1) is 11.6 Å². The Balaban J connectivity index is 2.26. The molecule has 0 bridgehead atoms. The third kappa shape index (κ3) is 9.89. The van der Waals surface area contributed by atoms with Gasteiger partial charge in [0.1, 0.15) is 6.42 Å². The monoisotopic (exact) mass is 619 g/mol. The van der Waals surface area contributed by atoms with Crippen LogP contribution >= 0.6 is 11.6 Å². The van der Waals surface area contributed by atoms with Crippen LogP contribution in [0.5, 0.6) is 0 Å². The number of rotatable bonds is 15. The Morgan fingerprint density at radius 2 is 1.53 bits per heavy atom. The van der Waals surface area contributed by atoms with E-state index >= 15 is 0 Å². The van der Waals surface area contributed by atoms with Crippen molar-refractivity contribution >= 4 is 42.0 Å². The van der Waals surface area contributed by atoms with Crippen molar-refractivity contribution in [1.29, 1.82) is 5.26 Å². The van der Waals surface area contributed by atoms with Crippen LogP contribution in [0.4, 0.5) is 0 Å². The van der Waals surface area contributed by atoms with E-state index < -0.39 is 19.7 Å². The average Bonchev–Trinajstić information content (AvgIpc) is 2.99. The molecule has 1 atom stereocenters. The van der Waals surface area contributed by atoms with Crippen LogP contribution in [0.15, 0.2) is 96.1 Å². The molecule has 0 amide bonds. The minimum Gasteiger partial charge on any atom is -0.469 e. The summed E-state index contributed by atoms with van der Waals surface area (Å²) in [6.07, 6.45) is 8.14. The first kappa shape index (κ1) is 36.0. The van der Waals surface area contributed by atoms with Gasteiger partial charge in [-0.1, -0.05) is 111 Å². The fourth-order valence-corrected chi connectivity index (χ4v) is 9.76. The lowest BCUT2D eigenvalue weighted by Gasteiger charge is -2.43. The number of esters is 1. The van der Waals surface area contributed by atoms with Gasteiger partial charge in [0.25, 0.3) is 8.32 Å². The number of alkyl halides is 1. The van der Waals surface area contributed by atoms with Gasteiger partial charge in [-0.05, 0) is 54.6 Å². The number of hydrogen-bond donors (Lipinski definition) is 0. The second-order valence-electron chi connectivity index (χ2n) is 12.4. The molecule has 0 heterocycles. The normalized spacial score (nSPS) is 13.9. The topological polar surface area (TPSA) is 76.4 Å². The van der Waals surface area contributed by atoms with Crippen molar-refractivity contribution in [2.75, 3.05) is 19.6 Å². The van der Waals surface area contributed by atoms with Crippen LogP contribution < -0.4 is 10.4 Å². The summed E-state index contributed by atoms with van der Waals surface area (Å²) in [6.45, 7) is 12.7. The Morgan fingerprint density at radius 1 is 0.977 bits per heavy atom. The lowest BCUT2D eigenvalue weighted by Crippen LogP contribution is -2.66. The maximum absolute atomic E-state index is 12.4. The predicted molar refractivity (Wildman–Crippen MR) is 179 cm³/mol. The molecule has 0 saturated carbocycles. The number of nitriles is 1. The second-order valence-corrected chi connectivity index (χ2v) is 17.0. The Hall–Kier alpha value is -3.24. The zero-order chi connectivity index (χ0) is 32.1. The molecule has 0 aromatic heterocycles. The molecule has 0 fully saturated rings. The number of carbonyl (C=O) groups is 2. The summed E-state index contributed by atoms with van der Waals surface area (Å²) in [6, 6.07) is 23.5. The Kier molecular flexibility index (Phi) is 13.8. The molecule has 230 valence electrons. The van der Waals surface area contributed by atoms with Crippen LogP contribution in [-0.4, -0.2) is 39.7 Å². The van der Waals surface area contributed by atoms with Crippen LogP contribution in [0, 0.1) is 22.7 Å². The van der Waals surface area contributed by atoms with Crippen LogP contribution in [0.1, 0.15) is 60.8 Å². The molecule has 5 nitrogen and oxygen atoms in total. The van der Waals surface area contributed by atoms with E-state index in [1.807, 2.05) is 31.2 Å². The van der Waals surface area contributed by atoms with Crippen molar-refractivity contribution in [3.05, 3.63) is 96.1 Å². The fraction of sp³-hybridized carbons (Fsp3) is 0.417. The van der Waals surface area contributed by atoms with Gasteiger partial charge in [0, 0.05) is 11.3 Å². The van der Waals surface area contributed by atoms with Crippen molar-refractivity contribution in [3.63, 3.8) is 0 Å². The molecule has 0 N–H and O–H groups in total. The highest BCUT2D eigenvalue weighted by Gasteiger charge is 2.50. The first-order valence-corrected chi connectivity index (χ1v) is 17.1. The van der Waals surface area contributed by atoms with Crippen LogP contribution in [0.3, 0.4) is 0 Å². The van der Waals surface area contributed by atoms with E-state index in [-0.39, 0.29) is 23.2 Å². The molecule has 2 aromatic carbocycles. The lowest BCUT2D eigenvalue weighted by atomic mass is 9.86. The summed E-state index contributed by atoms with van der Waals surface area (Å²) in [4.78, 5) is 23.9. The number of ketones is 1. The van der Waals surface area contributed by atoms with E-state index in [2.05, 4.69) is 80.1 Å². The molecule has 0 aliphatic heterocycles. The molecule has 0 aliphatic rings. The zero-order valence-electron chi connectivity index (χ0n) is 26.7. The van der Waals surface area contributed by atoms with Gasteiger partial charge in [-0.2, -0.15) is 5.26 Å². The highest BCUT2D eigenvalue weighted by atomic mass is 35.5. The number of ether oxygens (including phenoxy) is 1. The number of hydrogen-bond acceptors (Lipinski definition) is 5.